The average molecular weight is 313 g/mol. The maximum Gasteiger partial charge on any atom is 0.191 e. The van der Waals surface area contributed by atoms with Crippen LogP contribution in [0.15, 0.2) is 24.3 Å². The summed E-state index contributed by atoms with van der Waals surface area (Å²) in [6.07, 6.45) is 1.27. The topological polar surface area (TPSA) is 26.3 Å². The van der Waals surface area contributed by atoms with Crippen LogP contribution in [0.4, 0.5) is 0 Å². The summed E-state index contributed by atoms with van der Waals surface area (Å²) in [5, 5.41) is 0.817. The summed E-state index contributed by atoms with van der Waals surface area (Å²) in [7, 11) is -1.70. The zero-order valence-corrected chi connectivity index (χ0v) is 14.9. The number of Topliss-reactive ketones (excluding diaryl/α,β-unsaturated/α-hetero) is 1. The summed E-state index contributed by atoms with van der Waals surface area (Å²) in [5.74, 6) is 0.131. The van der Waals surface area contributed by atoms with Gasteiger partial charge in [0.25, 0.3) is 0 Å². The first-order chi connectivity index (χ1) is 9.13. The van der Waals surface area contributed by atoms with E-state index in [1.165, 1.54) is 0 Å². The van der Waals surface area contributed by atoms with Crippen molar-refractivity contribution in [3.05, 3.63) is 34.9 Å². The minimum atomic E-state index is -1.70. The van der Waals surface area contributed by atoms with Crippen LogP contribution < -0.4 is 0 Å². The Kier molecular flexibility index (Phi) is 5.99. The molecule has 0 heterocycles. The molecule has 0 saturated carbocycles. The van der Waals surface area contributed by atoms with E-state index >= 15 is 0 Å². The Morgan fingerprint density at radius 3 is 2.50 bits per heavy atom. The molecule has 0 fully saturated rings. The van der Waals surface area contributed by atoms with Gasteiger partial charge in [-0.1, -0.05) is 44.5 Å². The van der Waals surface area contributed by atoms with Gasteiger partial charge in [-0.05, 0) is 36.7 Å². The van der Waals surface area contributed by atoms with E-state index in [0.29, 0.717) is 23.6 Å². The van der Waals surface area contributed by atoms with Crippen molar-refractivity contribution in [3.8, 4) is 0 Å². The van der Waals surface area contributed by atoms with Gasteiger partial charge < -0.3 is 4.43 Å². The van der Waals surface area contributed by atoms with E-state index in [0.717, 1.165) is 6.42 Å². The van der Waals surface area contributed by atoms with Crippen LogP contribution >= 0.6 is 11.6 Å². The summed E-state index contributed by atoms with van der Waals surface area (Å²) in [4.78, 5) is 12.0. The summed E-state index contributed by atoms with van der Waals surface area (Å²) < 4.78 is 6.06. The lowest BCUT2D eigenvalue weighted by molar-refractivity contribution is 0.0972. The largest absolute Gasteiger partial charge is 0.417 e. The van der Waals surface area contributed by atoms with Crippen LogP contribution in [0.1, 0.15) is 44.0 Å². The zero-order chi connectivity index (χ0) is 15.4. The van der Waals surface area contributed by atoms with Crippen molar-refractivity contribution in [1.29, 1.82) is 0 Å². The average Bonchev–Trinajstić information content (AvgIpc) is 2.33. The van der Waals surface area contributed by atoms with Crippen LogP contribution in [0.25, 0.3) is 0 Å². The molecule has 0 unspecified atom stereocenters. The lowest BCUT2D eigenvalue weighted by Crippen LogP contribution is -2.41. The summed E-state index contributed by atoms with van der Waals surface area (Å²) in [6.45, 7) is 11.8. The van der Waals surface area contributed by atoms with Gasteiger partial charge in [0.2, 0.25) is 0 Å². The summed E-state index contributed by atoms with van der Waals surface area (Å²) in [6, 6.07) is 7.11. The maximum atomic E-state index is 12.0. The number of hydrogen-bond donors (Lipinski definition) is 0. The van der Waals surface area contributed by atoms with Gasteiger partial charge in [0.05, 0.1) is 0 Å². The lowest BCUT2D eigenvalue weighted by atomic mass is 10.1. The fraction of sp³-hybridized carbons (Fsp3) is 0.562. The third-order valence-corrected chi connectivity index (χ3v) is 8.74. The van der Waals surface area contributed by atoms with Crippen molar-refractivity contribution in [2.45, 2.75) is 51.7 Å². The van der Waals surface area contributed by atoms with Crippen LogP contribution in [0, 0.1) is 0 Å². The van der Waals surface area contributed by atoms with Gasteiger partial charge in [0, 0.05) is 23.6 Å². The smallest absolute Gasteiger partial charge is 0.191 e. The van der Waals surface area contributed by atoms with E-state index in [9.17, 15) is 4.79 Å². The normalized spacial score (nSPS) is 12.5. The Morgan fingerprint density at radius 2 is 1.95 bits per heavy atom. The van der Waals surface area contributed by atoms with Crippen LogP contribution in [-0.4, -0.2) is 20.7 Å². The molecule has 0 aliphatic carbocycles. The molecular weight excluding hydrogens is 288 g/mol. The Hall–Kier alpha value is -0.643. The number of halogens is 1. The van der Waals surface area contributed by atoms with E-state index in [4.69, 9.17) is 16.0 Å². The predicted octanol–water partition coefficient (Wildman–Crippen LogP) is 5.32. The van der Waals surface area contributed by atoms with Crippen LogP contribution in [0.3, 0.4) is 0 Å². The molecule has 2 nitrogen and oxygen atoms in total. The van der Waals surface area contributed by atoms with Crippen molar-refractivity contribution in [1.82, 2.24) is 0 Å². The quantitative estimate of drug-likeness (QED) is 0.403. The highest BCUT2D eigenvalue weighted by Crippen LogP contribution is 2.36. The first kappa shape index (κ1) is 17.4. The number of benzene rings is 1. The molecule has 0 spiro atoms. The van der Waals surface area contributed by atoms with Gasteiger partial charge >= 0.3 is 0 Å². The fourth-order valence-corrected chi connectivity index (χ4v) is 2.86. The third-order valence-electron chi connectivity index (χ3n) is 3.96. The molecule has 20 heavy (non-hydrogen) atoms. The van der Waals surface area contributed by atoms with E-state index in [1.54, 1.807) is 12.1 Å². The van der Waals surface area contributed by atoms with Crippen LogP contribution in [0.5, 0.6) is 0 Å². The lowest BCUT2D eigenvalue weighted by Gasteiger charge is -2.36. The zero-order valence-electron chi connectivity index (χ0n) is 13.1. The fourth-order valence-electron chi connectivity index (χ4n) is 1.58. The SMILES string of the molecule is CC(C)(C)[Si](C)(C)OCCCC(=O)c1cccc(Cl)c1. The second-order valence-electron chi connectivity index (χ2n) is 6.65. The monoisotopic (exact) mass is 312 g/mol. The van der Waals surface area contributed by atoms with Crippen LogP contribution in [0.2, 0.25) is 23.2 Å². The molecule has 0 aromatic heterocycles. The van der Waals surface area contributed by atoms with E-state index in [-0.39, 0.29) is 10.8 Å². The minimum absolute atomic E-state index is 0.131. The van der Waals surface area contributed by atoms with Crippen molar-refractivity contribution < 1.29 is 9.22 Å². The van der Waals surface area contributed by atoms with Gasteiger partial charge in [0.1, 0.15) is 0 Å². The predicted molar refractivity (Wildman–Crippen MR) is 88.2 cm³/mol. The number of carbonyl (C=O) groups excluding carboxylic acids is 1. The van der Waals surface area contributed by atoms with Crippen molar-refractivity contribution in [2.75, 3.05) is 6.61 Å². The molecule has 112 valence electrons. The van der Waals surface area contributed by atoms with Gasteiger partial charge in [-0.3, -0.25) is 4.79 Å². The number of ketones is 1. The number of rotatable bonds is 6. The van der Waals surface area contributed by atoms with Gasteiger partial charge in [0.15, 0.2) is 14.1 Å². The van der Waals surface area contributed by atoms with E-state index < -0.39 is 8.32 Å². The molecule has 0 amide bonds. The van der Waals surface area contributed by atoms with Gasteiger partial charge in [-0.2, -0.15) is 0 Å². The first-order valence-corrected chi connectivity index (χ1v) is 10.3. The Morgan fingerprint density at radius 1 is 1.30 bits per heavy atom. The van der Waals surface area contributed by atoms with Crippen molar-refractivity contribution >= 4 is 25.7 Å². The minimum Gasteiger partial charge on any atom is -0.417 e. The number of hydrogen-bond acceptors (Lipinski definition) is 2. The molecule has 1 aromatic rings. The molecular formula is C16H25ClO2Si. The Bertz CT molecular complexity index is 464. The highest BCUT2D eigenvalue weighted by Gasteiger charge is 2.36. The molecule has 4 heteroatoms. The van der Waals surface area contributed by atoms with Crippen molar-refractivity contribution in [3.63, 3.8) is 0 Å². The maximum absolute atomic E-state index is 12.0. The molecule has 0 bridgehead atoms. The van der Waals surface area contributed by atoms with E-state index in [1.807, 2.05) is 12.1 Å². The molecule has 0 aliphatic heterocycles. The second-order valence-corrected chi connectivity index (χ2v) is 11.9. The molecule has 0 atom stereocenters. The highest BCUT2D eigenvalue weighted by molar-refractivity contribution is 6.74. The van der Waals surface area contributed by atoms with E-state index in [2.05, 4.69) is 33.9 Å². The van der Waals surface area contributed by atoms with Gasteiger partial charge in [-0.25, -0.2) is 0 Å². The Balaban J connectivity index is 2.40. The first-order valence-electron chi connectivity index (χ1n) is 7.06. The molecule has 0 N–H and O–H groups in total. The Labute approximate surface area is 128 Å². The molecule has 0 saturated heterocycles. The third kappa shape index (κ3) is 5.04. The van der Waals surface area contributed by atoms with Crippen molar-refractivity contribution in [2.24, 2.45) is 0 Å². The van der Waals surface area contributed by atoms with Gasteiger partial charge in [-0.15, -0.1) is 0 Å². The summed E-state index contributed by atoms with van der Waals surface area (Å²) in [5.41, 5.74) is 0.685. The van der Waals surface area contributed by atoms with Crippen LogP contribution in [-0.2, 0) is 4.43 Å². The molecule has 1 aromatic carbocycles. The molecule has 0 radical (unpaired) electrons. The molecule has 0 aliphatic rings. The second kappa shape index (κ2) is 6.88. The summed E-state index contributed by atoms with van der Waals surface area (Å²) >= 11 is 5.89. The number of carbonyl (C=O) groups is 1. The highest BCUT2D eigenvalue weighted by atomic mass is 35.5. The molecule has 1 rings (SSSR count). The standard InChI is InChI=1S/C16H25ClO2Si/c1-16(2,3)20(4,5)19-11-7-10-15(18)13-8-6-9-14(17)12-13/h6,8-9,12H,7,10-11H2,1-5H3.